The van der Waals surface area contributed by atoms with Gasteiger partial charge in [0.1, 0.15) is 17.2 Å². The molecule has 0 atom stereocenters. The minimum Gasteiger partial charge on any atom is -0.497 e. The molecule has 1 aliphatic heterocycles. The van der Waals surface area contributed by atoms with Crippen LogP contribution in [-0.4, -0.2) is 25.8 Å². The van der Waals surface area contributed by atoms with Crippen molar-refractivity contribution in [2.75, 3.05) is 14.2 Å². The highest BCUT2D eigenvalue weighted by atomic mass is 16.5. The molecule has 2 aromatic rings. The van der Waals surface area contributed by atoms with Crippen LogP contribution in [0.2, 0.25) is 0 Å². The smallest absolute Gasteiger partial charge is 0.273 e. The lowest BCUT2D eigenvalue weighted by Crippen LogP contribution is -2.13. The Bertz CT molecular complexity index is 738. The SMILES string of the molecule is COc1cc(/C=C2\C(=O)NN=C2c2ccco2)cc(OC)c1. The van der Waals surface area contributed by atoms with Crippen LogP contribution in [-0.2, 0) is 4.79 Å². The topological polar surface area (TPSA) is 73.1 Å². The van der Waals surface area contributed by atoms with Crippen LogP contribution >= 0.6 is 0 Å². The van der Waals surface area contributed by atoms with Gasteiger partial charge in [0.15, 0.2) is 5.76 Å². The van der Waals surface area contributed by atoms with E-state index in [1.807, 2.05) is 0 Å². The fourth-order valence-corrected chi connectivity index (χ4v) is 2.15. The second kappa shape index (κ2) is 5.77. The van der Waals surface area contributed by atoms with E-state index in [0.717, 1.165) is 5.56 Å². The summed E-state index contributed by atoms with van der Waals surface area (Å²) in [4.78, 5) is 12.0. The number of nitrogens with one attached hydrogen (secondary N) is 1. The lowest BCUT2D eigenvalue weighted by Gasteiger charge is -2.06. The summed E-state index contributed by atoms with van der Waals surface area (Å²) < 4.78 is 15.8. The summed E-state index contributed by atoms with van der Waals surface area (Å²) in [7, 11) is 3.15. The van der Waals surface area contributed by atoms with Gasteiger partial charge in [-0.05, 0) is 35.9 Å². The van der Waals surface area contributed by atoms with Crippen LogP contribution < -0.4 is 14.9 Å². The van der Waals surface area contributed by atoms with Crippen molar-refractivity contribution in [2.45, 2.75) is 0 Å². The second-order valence-electron chi connectivity index (χ2n) is 4.58. The normalized spacial score (nSPS) is 15.6. The first-order chi connectivity index (χ1) is 10.7. The maximum Gasteiger partial charge on any atom is 0.273 e. The average Bonchev–Trinajstić information content (AvgIpc) is 3.18. The minimum absolute atomic E-state index is 0.284. The number of benzene rings is 1. The van der Waals surface area contributed by atoms with Crippen molar-refractivity contribution in [3.05, 3.63) is 53.5 Å². The zero-order valence-corrected chi connectivity index (χ0v) is 12.1. The number of hydrogen-bond acceptors (Lipinski definition) is 5. The van der Waals surface area contributed by atoms with Gasteiger partial charge in [0, 0.05) is 6.07 Å². The van der Waals surface area contributed by atoms with Gasteiger partial charge in [-0.2, -0.15) is 5.10 Å². The van der Waals surface area contributed by atoms with Crippen LogP contribution in [0.15, 0.2) is 51.7 Å². The monoisotopic (exact) mass is 298 g/mol. The summed E-state index contributed by atoms with van der Waals surface area (Å²) in [5.74, 6) is 1.52. The van der Waals surface area contributed by atoms with Gasteiger partial charge in [-0.15, -0.1) is 0 Å². The van der Waals surface area contributed by atoms with Crippen LogP contribution in [0.5, 0.6) is 11.5 Å². The van der Waals surface area contributed by atoms with Crippen molar-refractivity contribution < 1.29 is 18.7 Å². The maximum absolute atomic E-state index is 12.0. The van der Waals surface area contributed by atoms with Gasteiger partial charge in [0.05, 0.1) is 26.1 Å². The molecular formula is C16H14N2O4. The fourth-order valence-electron chi connectivity index (χ4n) is 2.15. The second-order valence-corrected chi connectivity index (χ2v) is 4.58. The summed E-state index contributed by atoms with van der Waals surface area (Å²) >= 11 is 0. The first-order valence-corrected chi connectivity index (χ1v) is 6.58. The quantitative estimate of drug-likeness (QED) is 0.878. The molecule has 1 amide bonds. The summed E-state index contributed by atoms with van der Waals surface area (Å²) in [5, 5.41) is 4.01. The molecule has 0 radical (unpaired) electrons. The molecule has 1 aromatic carbocycles. The predicted molar refractivity (Wildman–Crippen MR) is 80.9 cm³/mol. The zero-order chi connectivity index (χ0) is 15.5. The predicted octanol–water partition coefficient (Wildman–Crippen LogP) is 2.21. The zero-order valence-electron chi connectivity index (χ0n) is 12.1. The molecule has 0 bridgehead atoms. The number of hydrazone groups is 1. The Morgan fingerprint density at radius 1 is 1.18 bits per heavy atom. The summed E-state index contributed by atoms with van der Waals surface area (Å²) in [6, 6.07) is 8.87. The van der Waals surface area contributed by atoms with E-state index in [4.69, 9.17) is 13.9 Å². The molecule has 0 fully saturated rings. The van der Waals surface area contributed by atoms with E-state index in [9.17, 15) is 4.79 Å². The molecular weight excluding hydrogens is 284 g/mol. The number of amides is 1. The van der Waals surface area contributed by atoms with Crippen molar-refractivity contribution >= 4 is 17.7 Å². The number of methoxy groups -OCH3 is 2. The van der Waals surface area contributed by atoms with Crippen molar-refractivity contribution in [1.82, 2.24) is 5.43 Å². The molecule has 0 saturated carbocycles. The van der Waals surface area contributed by atoms with Gasteiger partial charge < -0.3 is 13.9 Å². The Labute approximate surface area is 127 Å². The molecule has 112 valence electrons. The molecule has 2 heterocycles. The molecule has 1 N–H and O–H groups in total. The first-order valence-electron chi connectivity index (χ1n) is 6.58. The Hall–Kier alpha value is -3.02. The van der Waals surface area contributed by atoms with Crippen molar-refractivity contribution in [1.29, 1.82) is 0 Å². The Balaban J connectivity index is 2.03. The van der Waals surface area contributed by atoms with Crippen LogP contribution in [0.25, 0.3) is 6.08 Å². The minimum atomic E-state index is -0.284. The number of furan rings is 1. The van der Waals surface area contributed by atoms with Gasteiger partial charge in [-0.3, -0.25) is 4.79 Å². The summed E-state index contributed by atoms with van der Waals surface area (Å²) in [6.07, 6.45) is 3.25. The molecule has 0 unspecified atom stereocenters. The van der Waals surface area contributed by atoms with Gasteiger partial charge >= 0.3 is 0 Å². The third-order valence-corrected chi connectivity index (χ3v) is 3.21. The summed E-state index contributed by atoms with van der Waals surface area (Å²) in [5.41, 5.74) is 4.10. The Morgan fingerprint density at radius 2 is 1.91 bits per heavy atom. The standard InChI is InChI=1S/C16H14N2O4/c1-20-11-6-10(7-12(9-11)21-2)8-13-15(17-18-16(13)19)14-4-3-5-22-14/h3-9H,1-2H3,(H,18,19)/b13-8-. The largest absolute Gasteiger partial charge is 0.497 e. The van der Waals surface area contributed by atoms with E-state index in [2.05, 4.69) is 10.5 Å². The first kappa shape index (κ1) is 13.9. The summed E-state index contributed by atoms with van der Waals surface area (Å²) in [6.45, 7) is 0. The van der Waals surface area contributed by atoms with Gasteiger partial charge in [-0.25, -0.2) is 5.43 Å². The van der Waals surface area contributed by atoms with Crippen molar-refractivity contribution in [3.8, 4) is 11.5 Å². The van der Waals surface area contributed by atoms with Gasteiger partial charge in [0.25, 0.3) is 5.91 Å². The highest BCUT2D eigenvalue weighted by Gasteiger charge is 2.25. The van der Waals surface area contributed by atoms with Crippen LogP contribution in [0.4, 0.5) is 0 Å². The lowest BCUT2D eigenvalue weighted by molar-refractivity contribution is -0.116. The number of carbonyl (C=O) groups excluding carboxylic acids is 1. The van der Waals surface area contributed by atoms with E-state index in [1.165, 1.54) is 6.26 Å². The molecule has 0 saturated heterocycles. The van der Waals surface area contributed by atoms with Crippen molar-refractivity contribution in [3.63, 3.8) is 0 Å². The fraction of sp³-hybridized carbons (Fsp3) is 0.125. The lowest BCUT2D eigenvalue weighted by atomic mass is 10.0. The molecule has 3 rings (SSSR count). The molecule has 1 aliphatic rings. The molecule has 22 heavy (non-hydrogen) atoms. The number of nitrogens with zero attached hydrogens (tertiary/aromatic N) is 1. The number of hydrogen-bond donors (Lipinski definition) is 1. The Kier molecular flexibility index (Phi) is 3.65. The molecule has 1 aromatic heterocycles. The molecule has 6 nitrogen and oxygen atoms in total. The van der Waals surface area contributed by atoms with Crippen LogP contribution in [0.3, 0.4) is 0 Å². The third kappa shape index (κ3) is 2.58. The highest BCUT2D eigenvalue weighted by Crippen LogP contribution is 2.25. The van der Waals surface area contributed by atoms with Crippen molar-refractivity contribution in [2.24, 2.45) is 5.10 Å². The van der Waals surface area contributed by atoms with E-state index in [1.54, 1.807) is 50.6 Å². The number of carbonyl (C=O) groups is 1. The molecule has 0 aliphatic carbocycles. The number of ether oxygens (including phenoxy) is 2. The van der Waals surface area contributed by atoms with E-state index >= 15 is 0 Å². The van der Waals surface area contributed by atoms with E-state index in [-0.39, 0.29) is 5.91 Å². The van der Waals surface area contributed by atoms with Gasteiger partial charge in [-0.1, -0.05) is 0 Å². The molecule has 0 spiro atoms. The third-order valence-electron chi connectivity index (χ3n) is 3.21. The highest BCUT2D eigenvalue weighted by molar-refractivity contribution is 6.32. The maximum atomic E-state index is 12.0. The van der Waals surface area contributed by atoms with E-state index < -0.39 is 0 Å². The molecule has 6 heteroatoms. The van der Waals surface area contributed by atoms with Gasteiger partial charge in [0.2, 0.25) is 0 Å². The number of rotatable bonds is 4. The van der Waals surface area contributed by atoms with E-state index in [0.29, 0.717) is 28.5 Å². The van der Waals surface area contributed by atoms with Crippen LogP contribution in [0, 0.1) is 0 Å². The average molecular weight is 298 g/mol. The Morgan fingerprint density at radius 3 is 2.50 bits per heavy atom. The van der Waals surface area contributed by atoms with Crippen LogP contribution in [0.1, 0.15) is 11.3 Å².